The highest BCUT2D eigenvalue weighted by Crippen LogP contribution is 2.35. The number of amides is 4. The maximum atomic E-state index is 13.5. The van der Waals surface area contributed by atoms with E-state index in [4.69, 9.17) is 4.74 Å². The van der Waals surface area contributed by atoms with Crippen LogP contribution in [0.1, 0.15) is 88.9 Å². The summed E-state index contributed by atoms with van der Waals surface area (Å²) < 4.78 is 4.74. The fourth-order valence-corrected chi connectivity index (χ4v) is 7.65. The molecule has 2 aromatic carbocycles. The van der Waals surface area contributed by atoms with Gasteiger partial charge in [-0.05, 0) is 60.8 Å². The van der Waals surface area contributed by atoms with Crippen molar-refractivity contribution in [1.82, 2.24) is 40.0 Å². The third-order valence-electron chi connectivity index (χ3n) is 10.6. The van der Waals surface area contributed by atoms with E-state index in [0.29, 0.717) is 38.2 Å². The molecular weight excluding hydrogens is 688 g/mol. The number of rotatable bonds is 13. The molecule has 2 saturated heterocycles. The SMILES string of the molecule is CCC[C@H](NC(=O)OC)C(=O)N1CCC[C@H]1c1ncc(-c2ccc(-c3ccc(-c4cnc([C@@H]5CCCN5C(=O)[C@H](CCC)N(C)C(=O)O)[nH]4)cc3)cc2)[nH]1. The number of carboxylic acid groups (broad SMARTS) is 1. The zero-order chi connectivity index (χ0) is 38.4. The Morgan fingerprint density at radius 1 is 0.796 bits per heavy atom. The molecule has 14 nitrogen and oxygen atoms in total. The largest absolute Gasteiger partial charge is 0.465 e. The molecule has 4 aromatic rings. The molecule has 0 aliphatic carbocycles. The minimum Gasteiger partial charge on any atom is -0.465 e. The molecule has 0 radical (unpaired) electrons. The van der Waals surface area contributed by atoms with Gasteiger partial charge in [0.15, 0.2) is 0 Å². The average molecular weight is 739 g/mol. The summed E-state index contributed by atoms with van der Waals surface area (Å²) in [6.07, 6.45) is 7.53. The maximum absolute atomic E-state index is 13.5. The molecule has 14 heteroatoms. The summed E-state index contributed by atoms with van der Waals surface area (Å²) in [5.74, 6) is 1.13. The number of H-pyrrole nitrogens is 2. The lowest BCUT2D eigenvalue weighted by Crippen LogP contribution is -2.48. The second kappa shape index (κ2) is 17.0. The van der Waals surface area contributed by atoms with Crippen molar-refractivity contribution in [3.8, 4) is 33.6 Å². The highest BCUT2D eigenvalue weighted by atomic mass is 16.5. The van der Waals surface area contributed by atoms with Gasteiger partial charge in [0, 0.05) is 20.1 Å². The number of nitrogens with zero attached hydrogens (tertiary/aromatic N) is 5. The van der Waals surface area contributed by atoms with E-state index in [2.05, 4.69) is 49.5 Å². The summed E-state index contributed by atoms with van der Waals surface area (Å²) in [4.78, 5) is 71.5. The first kappa shape index (κ1) is 38.1. The van der Waals surface area contributed by atoms with Gasteiger partial charge in [0.1, 0.15) is 23.7 Å². The number of ether oxygens (including phenoxy) is 1. The lowest BCUT2D eigenvalue weighted by atomic mass is 10.0. The number of imidazole rings is 2. The molecule has 2 fully saturated rings. The van der Waals surface area contributed by atoms with Crippen molar-refractivity contribution in [3.05, 3.63) is 72.6 Å². The molecule has 4 N–H and O–H groups in total. The zero-order valence-corrected chi connectivity index (χ0v) is 31.4. The number of methoxy groups -OCH3 is 1. The number of aromatic amines is 2. The highest BCUT2D eigenvalue weighted by Gasteiger charge is 2.38. The minimum atomic E-state index is -1.11. The number of carbonyl (C=O) groups is 4. The second-order valence-corrected chi connectivity index (χ2v) is 14.1. The van der Waals surface area contributed by atoms with Gasteiger partial charge in [0.05, 0.1) is 43.0 Å². The number of likely N-dealkylation sites (N-methyl/N-ethyl adjacent to an activating group) is 1. The molecule has 4 amide bonds. The molecule has 2 aliphatic heterocycles. The first-order valence-electron chi connectivity index (χ1n) is 18.9. The molecule has 0 bridgehead atoms. The monoisotopic (exact) mass is 738 g/mol. The van der Waals surface area contributed by atoms with E-state index in [1.165, 1.54) is 14.2 Å². The van der Waals surface area contributed by atoms with Gasteiger partial charge in [0.25, 0.3) is 0 Å². The predicted molar refractivity (Wildman–Crippen MR) is 203 cm³/mol. The Kier molecular flexibility index (Phi) is 12.0. The topological polar surface area (TPSA) is 177 Å². The van der Waals surface area contributed by atoms with Gasteiger partial charge in [-0.1, -0.05) is 75.2 Å². The molecule has 6 rings (SSSR count). The standard InChI is InChI=1S/C40H50N8O6/c1-5-9-29(45-39(51)54-4)37(49)47-21-7-11-32(47)35-41-23-30(43-35)27-17-13-25(14-18-27)26-15-19-28(20-16-26)31-24-42-36(44-31)33-12-8-22-48(33)38(50)34(10-6-2)46(3)40(52)53/h13-20,23-24,29,32-34H,5-12,21-22H2,1-4H3,(H,41,43)(H,42,44)(H,45,51)(H,52,53)/t29-,32-,33-,34-/m0/s1. The summed E-state index contributed by atoms with van der Waals surface area (Å²) in [5, 5.41) is 12.2. The van der Waals surface area contributed by atoms with Crippen LogP contribution in [0, 0.1) is 0 Å². The summed E-state index contributed by atoms with van der Waals surface area (Å²) in [5.41, 5.74) is 5.74. The average Bonchev–Trinajstić information content (AvgIpc) is 4.03. The van der Waals surface area contributed by atoms with Crippen LogP contribution in [0.25, 0.3) is 33.6 Å². The van der Waals surface area contributed by atoms with E-state index in [1.807, 2.05) is 43.0 Å². The van der Waals surface area contributed by atoms with Crippen molar-refractivity contribution in [2.24, 2.45) is 0 Å². The third-order valence-corrected chi connectivity index (χ3v) is 10.6. The van der Waals surface area contributed by atoms with Gasteiger partial charge >= 0.3 is 12.2 Å². The number of alkyl carbamates (subject to hydrolysis) is 1. The Bertz CT molecular complexity index is 1920. The Balaban J connectivity index is 1.11. The van der Waals surface area contributed by atoms with Crippen LogP contribution >= 0.6 is 0 Å². The Labute approximate surface area is 315 Å². The third kappa shape index (κ3) is 8.12. The van der Waals surface area contributed by atoms with Crippen LogP contribution in [0.15, 0.2) is 60.9 Å². The van der Waals surface area contributed by atoms with Crippen LogP contribution in [-0.4, -0.2) is 103 Å². The number of likely N-dealkylation sites (tertiary alicyclic amines) is 2. The van der Waals surface area contributed by atoms with Gasteiger partial charge in [0.2, 0.25) is 11.8 Å². The fourth-order valence-electron chi connectivity index (χ4n) is 7.65. The molecule has 0 spiro atoms. The smallest absolute Gasteiger partial charge is 0.407 e. The van der Waals surface area contributed by atoms with Crippen molar-refractivity contribution < 1.29 is 29.0 Å². The van der Waals surface area contributed by atoms with Gasteiger partial charge in [-0.2, -0.15) is 0 Å². The number of carbonyl (C=O) groups excluding carboxylic acids is 3. The van der Waals surface area contributed by atoms with E-state index in [9.17, 15) is 24.3 Å². The van der Waals surface area contributed by atoms with Crippen LogP contribution in [-0.2, 0) is 14.3 Å². The molecular formula is C40H50N8O6. The quantitative estimate of drug-likeness (QED) is 0.116. The van der Waals surface area contributed by atoms with Crippen LogP contribution in [0.2, 0.25) is 0 Å². The first-order valence-corrected chi connectivity index (χ1v) is 18.9. The van der Waals surface area contributed by atoms with Crippen molar-refractivity contribution >= 4 is 24.0 Å². The minimum absolute atomic E-state index is 0.123. The van der Waals surface area contributed by atoms with Gasteiger partial charge in [-0.25, -0.2) is 19.6 Å². The summed E-state index contributed by atoms with van der Waals surface area (Å²) >= 11 is 0. The van der Waals surface area contributed by atoms with E-state index < -0.39 is 24.3 Å². The van der Waals surface area contributed by atoms with Crippen LogP contribution in [0.5, 0.6) is 0 Å². The molecule has 4 heterocycles. The first-order chi connectivity index (χ1) is 26.1. The number of benzene rings is 2. The predicted octanol–water partition coefficient (Wildman–Crippen LogP) is 6.76. The lowest BCUT2D eigenvalue weighted by molar-refractivity contribution is -0.137. The van der Waals surface area contributed by atoms with Crippen LogP contribution < -0.4 is 5.32 Å². The van der Waals surface area contributed by atoms with Gasteiger partial charge in [-0.15, -0.1) is 0 Å². The van der Waals surface area contributed by atoms with Crippen LogP contribution in [0.4, 0.5) is 9.59 Å². The van der Waals surface area contributed by atoms with E-state index in [1.54, 1.807) is 17.3 Å². The van der Waals surface area contributed by atoms with Gasteiger partial charge in [-0.3, -0.25) is 14.5 Å². The number of nitrogens with one attached hydrogen (secondary N) is 3. The zero-order valence-electron chi connectivity index (χ0n) is 31.4. The lowest BCUT2D eigenvalue weighted by Gasteiger charge is -2.31. The van der Waals surface area contributed by atoms with Crippen LogP contribution in [0.3, 0.4) is 0 Å². The van der Waals surface area contributed by atoms with Crippen molar-refractivity contribution in [1.29, 1.82) is 0 Å². The maximum Gasteiger partial charge on any atom is 0.407 e. The number of aromatic nitrogens is 4. The van der Waals surface area contributed by atoms with E-state index >= 15 is 0 Å². The normalized spacial score (nSPS) is 18.0. The summed E-state index contributed by atoms with van der Waals surface area (Å²) in [7, 11) is 2.75. The molecule has 2 aliphatic rings. The Morgan fingerprint density at radius 3 is 1.70 bits per heavy atom. The molecule has 2 aromatic heterocycles. The molecule has 286 valence electrons. The summed E-state index contributed by atoms with van der Waals surface area (Å²) in [6.45, 7) is 5.09. The van der Waals surface area contributed by atoms with Crippen molar-refractivity contribution in [3.63, 3.8) is 0 Å². The fraction of sp³-hybridized carbons (Fsp3) is 0.450. The van der Waals surface area contributed by atoms with Crippen molar-refractivity contribution in [2.45, 2.75) is 89.4 Å². The van der Waals surface area contributed by atoms with Crippen molar-refractivity contribution in [2.75, 3.05) is 27.2 Å². The number of hydrogen-bond donors (Lipinski definition) is 4. The summed E-state index contributed by atoms with van der Waals surface area (Å²) in [6, 6.07) is 14.6. The molecule has 54 heavy (non-hydrogen) atoms. The molecule has 0 saturated carbocycles. The molecule has 4 atom stereocenters. The van der Waals surface area contributed by atoms with E-state index in [0.717, 1.165) is 76.5 Å². The second-order valence-electron chi connectivity index (χ2n) is 14.1. The molecule has 0 unspecified atom stereocenters. The Morgan fingerprint density at radius 2 is 1.26 bits per heavy atom. The van der Waals surface area contributed by atoms with Gasteiger partial charge < -0.3 is 34.9 Å². The Hall–Kier alpha value is -5.66. The van der Waals surface area contributed by atoms with E-state index in [-0.39, 0.29) is 23.9 Å². The number of hydrogen-bond acceptors (Lipinski definition) is 7. The highest BCUT2D eigenvalue weighted by molar-refractivity contribution is 5.87.